The second-order valence-corrected chi connectivity index (χ2v) is 7.22. The Bertz CT molecular complexity index is 501. The predicted molar refractivity (Wildman–Crippen MR) is 93.9 cm³/mol. The van der Waals surface area contributed by atoms with Crippen LogP contribution in [0.2, 0.25) is 0 Å². The fourth-order valence-corrected chi connectivity index (χ4v) is 4.12. The van der Waals surface area contributed by atoms with Crippen LogP contribution in [0.4, 0.5) is 5.69 Å². The van der Waals surface area contributed by atoms with Gasteiger partial charge in [0.1, 0.15) is 4.99 Å². The molecule has 1 aromatic carbocycles. The van der Waals surface area contributed by atoms with Crippen molar-refractivity contribution in [2.45, 2.75) is 38.1 Å². The zero-order chi connectivity index (χ0) is 14.9. The van der Waals surface area contributed by atoms with E-state index in [0.29, 0.717) is 22.9 Å². The molecular formula is C16H24N2S2. The largest absolute Gasteiger partial charge is 0.389 e. The number of thioether (sulfide) groups is 1. The molecular weight excluding hydrogens is 284 g/mol. The average Bonchev–Trinajstić information content (AvgIpc) is 2.41. The van der Waals surface area contributed by atoms with Gasteiger partial charge in [0, 0.05) is 28.7 Å². The third-order valence-electron chi connectivity index (χ3n) is 4.38. The van der Waals surface area contributed by atoms with Gasteiger partial charge >= 0.3 is 0 Å². The number of thiocarbonyl (C=S) groups is 1. The number of hydrogen-bond donors (Lipinski definition) is 1. The van der Waals surface area contributed by atoms with Gasteiger partial charge < -0.3 is 10.6 Å². The Balaban J connectivity index is 2.48. The number of hydrogen-bond acceptors (Lipinski definition) is 3. The van der Waals surface area contributed by atoms with Crippen molar-refractivity contribution in [2.75, 3.05) is 17.7 Å². The summed E-state index contributed by atoms with van der Waals surface area (Å²) in [6.07, 6.45) is 3.37. The van der Waals surface area contributed by atoms with Gasteiger partial charge in [-0.05, 0) is 43.6 Å². The van der Waals surface area contributed by atoms with E-state index in [1.807, 2.05) is 0 Å². The van der Waals surface area contributed by atoms with Crippen LogP contribution < -0.4 is 10.6 Å². The van der Waals surface area contributed by atoms with Crippen molar-refractivity contribution in [2.24, 2.45) is 17.6 Å². The molecule has 1 aliphatic heterocycles. The minimum absolute atomic E-state index is 0.503. The number of nitrogens with zero attached hydrogens (tertiary/aromatic N) is 1. The Morgan fingerprint density at radius 1 is 1.35 bits per heavy atom. The van der Waals surface area contributed by atoms with E-state index in [1.165, 1.54) is 17.0 Å². The van der Waals surface area contributed by atoms with E-state index in [-0.39, 0.29) is 0 Å². The second-order valence-electron chi connectivity index (χ2n) is 5.93. The van der Waals surface area contributed by atoms with Gasteiger partial charge in [-0.3, -0.25) is 0 Å². The van der Waals surface area contributed by atoms with Crippen LogP contribution in [-0.4, -0.2) is 23.8 Å². The number of nitrogens with two attached hydrogens (primary N) is 1. The number of anilines is 1. The first-order valence-electron chi connectivity index (χ1n) is 7.19. The van der Waals surface area contributed by atoms with Crippen LogP contribution in [0, 0.1) is 11.8 Å². The highest BCUT2D eigenvalue weighted by atomic mass is 32.2. The maximum atomic E-state index is 6.00. The highest BCUT2D eigenvalue weighted by Crippen LogP contribution is 2.36. The van der Waals surface area contributed by atoms with E-state index in [9.17, 15) is 0 Å². The molecule has 3 atom stereocenters. The van der Waals surface area contributed by atoms with E-state index in [1.54, 1.807) is 11.8 Å². The Labute approximate surface area is 132 Å². The molecule has 2 nitrogen and oxygen atoms in total. The maximum absolute atomic E-state index is 6.00. The summed E-state index contributed by atoms with van der Waals surface area (Å²) < 4.78 is 0. The highest BCUT2D eigenvalue weighted by Gasteiger charge is 2.30. The first kappa shape index (κ1) is 15.6. The summed E-state index contributed by atoms with van der Waals surface area (Å²) in [6, 6.07) is 6.90. The van der Waals surface area contributed by atoms with Crippen molar-refractivity contribution < 1.29 is 0 Å². The minimum atomic E-state index is 0.503. The standard InChI is InChI=1S/C16H24N2S2/c1-10-8-11(2)12(3)18(9-10)13-6-5-7-14(20-4)15(13)16(17)19/h5-7,10-12H,8-9H2,1-4H3,(H2,17,19). The molecule has 4 heteroatoms. The molecule has 20 heavy (non-hydrogen) atoms. The van der Waals surface area contributed by atoms with Crippen LogP contribution >= 0.6 is 24.0 Å². The SMILES string of the molecule is CSc1cccc(N2CC(C)CC(C)C2C)c1C(N)=S. The van der Waals surface area contributed by atoms with Crippen molar-refractivity contribution in [3.8, 4) is 0 Å². The average molecular weight is 309 g/mol. The highest BCUT2D eigenvalue weighted by molar-refractivity contribution is 7.98. The van der Waals surface area contributed by atoms with Gasteiger partial charge in [-0.2, -0.15) is 0 Å². The lowest BCUT2D eigenvalue weighted by Gasteiger charge is -2.43. The van der Waals surface area contributed by atoms with E-state index >= 15 is 0 Å². The van der Waals surface area contributed by atoms with Crippen LogP contribution in [0.1, 0.15) is 32.8 Å². The molecule has 3 unspecified atom stereocenters. The van der Waals surface area contributed by atoms with E-state index in [2.05, 4.69) is 50.1 Å². The molecule has 0 aliphatic carbocycles. The summed E-state index contributed by atoms with van der Waals surface area (Å²) in [4.78, 5) is 4.17. The van der Waals surface area contributed by atoms with Crippen LogP contribution in [0.15, 0.2) is 23.1 Å². The monoisotopic (exact) mass is 308 g/mol. The summed E-state index contributed by atoms with van der Waals surface area (Å²) in [5.41, 5.74) is 8.25. The number of piperidine rings is 1. The molecule has 1 aromatic rings. The van der Waals surface area contributed by atoms with Crippen LogP contribution in [0.25, 0.3) is 0 Å². The van der Waals surface area contributed by atoms with Crippen molar-refractivity contribution in [3.63, 3.8) is 0 Å². The molecule has 110 valence electrons. The van der Waals surface area contributed by atoms with Crippen molar-refractivity contribution >= 4 is 34.7 Å². The van der Waals surface area contributed by atoms with Gasteiger partial charge in [-0.25, -0.2) is 0 Å². The number of benzene rings is 1. The topological polar surface area (TPSA) is 29.3 Å². The first-order valence-corrected chi connectivity index (χ1v) is 8.82. The molecule has 1 fully saturated rings. The lowest BCUT2D eigenvalue weighted by atomic mass is 9.85. The molecule has 0 bridgehead atoms. The molecule has 2 N–H and O–H groups in total. The Morgan fingerprint density at radius 2 is 2.05 bits per heavy atom. The Kier molecular flexibility index (Phi) is 4.97. The fourth-order valence-electron chi connectivity index (χ4n) is 3.21. The third-order valence-corrected chi connectivity index (χ3v) is 5.36. The van der Waals surface area contributed by atoms with Crippen molar-refractivity contribution in [1.82, 2.24) is 0 Å². The van der Waals surface area contributed by atoms with E-state index in [0.717, 1.165) is 12.1 Å². The van der Waals surface area contributed by atoms with E-state index in [4.69, 9.17) is 18.0 Å². The zero-order valence-electron chi connectivity index (χ0n) is 12.7. The number of rotatable bonds is 3. The molecule has 0 aromatic heterocycles. The Morgan fingerprint density at radius 3 is 2.65 bits per heavy atom. The second kappa shape index (κ2) is 6.35. The molecule has 0 radical (unpaired) electrons. The molecule has 0 amide bonds. The first-order chi connectivity index (χ1) is 9.45. The van der Waals surface area contributed by atoms with Crippen molar-refractivity contribution in [1.29, 1.82) is 0 Å². The summed E-state index contributed by atoms with van der Waals surface area (Å²) in [7, 11) is 0. The van der Waals surface area contributed by atoms with Gasteiger partial charge in [0.15, 0.2) is 0 Å². The van der Waals surface area contributed by atoms with Gasteiger partial charge in [0.2, 0.25) is 0 Å². The van der Waals surface area contributed by atoms with Gasteiger partial charge in [-0.15, -0.1) is 11.8 Å². The lowest BCUT2D eigenvalue weighted by molar-refractivity contribution is 0.297. The molecule has 1 saturated heterocycles. The lowest BCUT2D eigenvalue weighted by Crippen LogP contribution is -2.46. The van der Waals surface area contributed by atoms with Crippen LogP contribution in [0.5, 0.6) is 0 Å². The summed E-state index contributed by atoms with van der Waals surface area (Å²) in [6.45, 7) is 8.06. The third kappa shape index (κ3) is 2.96. The smallest absolute Gasteiger partial charge is 0.107 e. The predicted octanol–water partition coefficient (Wildman–Crippen LogP) is 3.91. The van der Waals surface area contributed by atoms with E-state index < -0.39 is 0 Å². The molecule has 2 rings (SSSR count). The summed E-state index contributed by atoms with van der Waals surface area (Å²) >= 11 is 7.02. The minimum Gasteiger partial charge on any atom is -0.389 e. The fraction of sp³-hybridized carbons (Fsp3) is 0.562. The van der Waals surface area contributed by atoms with Gasteiger partial charge in [-0.1, -0.05) is 32.1 Å². The quantitative estimate of drug-likeness (QED) is 0.677. The summed E-state index contributed by atoms with van der Waals surface area (Å²) in [5.74, 6) is 1.40. The van der Waals surface area contributed by atoms with Gasteiger partial charge in [0.25, 0.3) is 0 Å². The molecule has 1 heterocycles. The summed E-state index contributed by atoms with van der Waals surface area (Å²) in [5, 5.41) is 0. The van der Waals surface area contributed by atoms with Gasteiger partial charge in [0.05, 0.1) is 0 Å². The molecule has 1 aliphatic rings. The molecule has 0 saturated carbocycles. The van der Waals surface area contributed by atoms with Crippen LogP contribution in [0.3, 0.4) is 0 Å². The Hall–Kier alpha value is -0.740. The van der Waals surface area contributed by atoms with Crippen LogP contribution in [-0.2, 0) is 0 Å². The zero-order valence-corrected chi connectivity index (χ0v) is 14.4. The maximum Gasteiger partial charge on any atom is 0.107 e. The normalized spacial score (nSPS) is 26.6. The van der Waals surface area contributed by atoms with Crippen molar-refractivity contribution in [3.05, 3.63) is 23.8 Å². The molecule has 0 spiro atoms.